The minimum Gasteiger partial charge on any atom is -0.389 e. The van der Waals surface area contributed by atoms with Crippen molar-refractivity contribution in [1.82, 2.24) is 0 Å². The molecule has 2 rings (SSSR count). The summed E-state index contributed by atoms with van der Waals surface area (Å²) in [5.74, 6) is 0. The Morgan fingerprint density at radius 2 is 1.89 bits per heavy atom. The Morgan fingerprint density at radius 3 is 2.39 bits per heavy atom. The number of rotatable bonds is 1. The molecule has 0 radical (unpaired) electrons. The van der Waals surface area contributed by atoms with Crippen LogP contribution in [0.2, 0.25) is 0 Å². The first-order valence-corrected chi connectivity index (χ1v) is 6.54. The van der Waals surface area contributed by atoms with Gasteiger partial charge in [0, 0.05) is 16.5 Å². The van der Waals surface area contributed by atoms with Gasteiger partial charge in [0.05, 0.1) is 16.6 Å². The largest absolute Gasteiger partial charge is 0.417 e. The Hall–Kier alpha value is -1.34. The molecule has 1 aromatic rings. The number of sulfone groups is 1. The van der Waals surface area contributed by atoms with Gasteiger partial charge >= 0.3 is 6.18 Å². The SMILES string of the molecule is CC(O)C1=CS(=O)(=O)c2c1cccc2C(F)(F)F. The number of aliphatic hydroxyl groups excluding tert-OH is 1. The fourth-order valence-corrected chi connectivity index (χ4v) is 3.67. The minimum absolute atomic E-state index is 0.0175. The van der Waals surface area contributed by atoms with Crippen LogP contribution in [0, 0.1) is 0 Å². The molecule has 1 aliphatic heterocycles. The number of hydrogen-bond donors (Lipinski definition) is 1. The van der Waals surface area contributed by atoms with Crippen molar-refractivity contribution >= 4 is 15.4 Å². The van der Waals surface area contributed by atoms with Crippen LogP contribution in [0.4, 0.5) is 13.2 Å². The van der Waals surface area contributed by atoms with E-state index < -0.39 is 32.6 Å². The highest BCUT2D eigenvalue weighted by Crippen LogP contribution is 2.43. The standard InChI is InChI=1S/C11H9F3O3S/c1-6(15)8-5-18(16,17)10-7(8)3-2-4-9(10)11(12,13)14/h2-6,15H,1H3. The van der Waals surface area contributed by atoms with Gasteiger partial charge in [-0.15, -0.1) is 0 Å². The van der Waals surface area contributed by atoms with Gasteiger partial charge in [-0.2, -0.15) is 13.2 Å². The van der Waals surface area contributed by atoms with Gasteiger partial charge in [0.2, 0.25) is 9.84 Å². The van der Waals surface area contributed by atoms with Crippen LogP contribution in [0.25, 0.3) is 5.57 Å². The predicted molar refractivity (Wildman–Crippen MR) is 58.3 cm³/mol. The summed E-state index contributed by atoms with van der Waals surface area (Å²) >= 11 is 0. The normalized spacial score (nSPS) is 19.3. The predicted octanol–water partition coefficient (Wildman–Crippen LogP) is 2.21. The molecule has 1 unspecified atom stereocenters. The fraction of sp³-hybridized carbons (Fsp3) is 0.273. The molecule has 1 aromatic carbocycles. The van der Waals surface area contributed by atoms with E-state index in [-0.39, 0.29) is 11.1 Å². The first kappa shape index (κ1) is 13.1. The molecule has 3 nitrogen and oxygen atoms in total. The number of benzene rings is 1. The summed E-state index contributed by atoms with van der Waals surface area (Å²) in [6.45, 7) is 1.30. The van der Waals surface area contributed by atoms with Crippen LogP contribution < -0.4 is 0 Å². The van der Waals surface area contributed by atoms with Crippen LogP contribution in [0.15, 0.2) is 28.5 Å². The highest BCUT2D eigenvalue weighted by molar-refractivity contribution is 7.95. The molecule has 1 N–H and O–H groups in total. The monoisotopic (exact) mass is 278 g/mol. The van der Waals surface area contributed by atoms with E-state index in [1.165, 1.54) is 13.0 Å². The summed E-state index contributed by atoms with van der Waals surface area (Å²) < 4.78 is 61.8. The minimum atomic E-state index is -4.75. The van der Waals surface area contributed by atoms with Crippen LogP contribution in [-0.4, -0.2) is 19.6 Å². The first-order chi connectivity index (χ1) is 8.14. The summed E-state index contributed by atoms with van der Waals surface area (Å²) in [6.07, 6.45) is -5.90. The van der Waals surface area contributed by atoms with E-state index in [1.54, 1.807) is 0 Å². The lowest BCUT2D eigenvalue weighted by Crippen LogP contribution is -2.11. The Balaban J connectivity index is 2.80. The number of halogens is 3. The van der Waals surface area contributed by atoms with Crippen molar-refractivity contribution in [3.8, 4) is 0 Å². The maximum absolute atomic E-state index is 12.8. The molecule has 1 heterocycles. The molecular weight excluding hydrogens is 269 g/mol. The van der Waals surface area contributed by atoms with Crippen molar-refractivity contribution in [2.24, 2.45) is 0 Å². The lowest BCUT2D eigenvalue weighted by Gasteiger charge is -2.12. The highest BCUT2D eigenvalue weighted by atomic mass is 32.2. The zero-order valence-corrected chi connectivity index (χ0v) is 10.0. The van der Waals surface area contributed by atoms with E-state index in [4.69, 9.17) is 0 Å². The molecule has 0 spiro atoms. The maximum Gasteiger partial charge on any atom is 0.417 e. The van der Waals surface area contributed by atoms with Crippen molar-refractivity contribution in [3.05, 3.63) is 34.7 Å². The zero-order chi connectivity index (χ0) is 13.7. The Labute approximate surface area is 101 Å². The van der Waals surface area contributed by atoms with Gasteiger partial charge in [-0.05, 0) is 13.0 Å². The number of alkyl halides is 3. The molecular formula is C11H9F3O3S. The second-order valence-corrected chi connectivity index (χ2v) is 5.71. The second kappa shape index (κ2) is 3.83. The summed E-state index contributed by atoms with van der Waals surface area (Å²) in [4.78, 5) is -0.770. The van der Waals surface area contributed by atoms with Crippen LogP contribution in [0.3, 0.4) is 0 Å². The molecule has 7 heteroatoms. The topological polar surface area (TPSA) is 54.4 Å². The smallest absolute Gasteiger partial charge is 0.389 e. The molecule has 0 bridgehead atoms. The molecule has 0 amide bonds. The summed E-state index contributed by atoms with van der Waals surface area (Å²) in [6, 6.07) is 3.10. The molecule has 0 fully saturated rings. The van der Waals surface area contributed by atoms with Gasteiger partial charge in [0.15, 0.2) is 0 Å². The Kier molecular flexibility index (Phi) is 2.78. The van der Waals surface area contributed by atoms with E-state index in [0.717, 1.165) is 12.1 Å². The zero-order valence-electron chi connectivity index (χ0n) is 9.19. The van der Waals surface area contributed by atoms with E-state index in [0.29, 0.717) is 5.41 Å². The molecule has 18 heavy (non-hydrogen) atoms. The summed E-state index contributed by atoms with van der Waals surface area (Å²) in [7, 11) is -4.16. The lowest BCUT2D eigenvalue weighted by molar-refractivity contribution is -0.139. The summed E-state index contributed by atoms with van der Waals surface area (Å²) in [5, 5.41) is 10.1. The van der Waals surface area contributed by atoms with Crippen molar-refractivity contribution in [1.29, 1.82) is 0 Å². The molecule has 98 valence electrons. The number of fused-ring (bicyclic) bond motifs is 1. The van der Waals surface area contributed by atoms with E-state index >= 15 is 0 Å². The van der Waals surface area contributed by atoms with Crippen molar-refractivity contribution in [2.75, 3.05) is 0 Å². The maximum atomic E-state index is 12.8. The molecule has 0 saturated heterocycles. The molecule has 1 atom stereocenters. The van der Waals surface area contributed by atoms with E-state index in [9.17, 15) is 26.7 Å². The highest BCUT2D eigenvalue weighted by Gasteiger charge is 2.41. The average molecular weight is 278 g/mol. The van der Waals surface area contributed by atoms with Crippen LogP contribution in [0.5, 0.6) is 0 Å². The molecule has 1 aliphatic rings. The third-order valence-electron chi connectivity index (χ3n) is 2.65. The molecule has 0 aromatic heterocycles. The van der Waals surface area contributed by atoms with Crippen molar-refractivity contribution in [2.45, 2.75) is 24.1 Å². The van der Waals surface area contributed by atoms with Crippen LogP contribution in [-0.2, 0) is 16.0 Å². The van der Waals surface area contributed by atoms with E-state index in [2.05, 4.69) is 0 Å². The van der Waals surface area contributed by atoms with Gasteiger partial charge in [-0.1, -0.05) is 12.1 Å². The third-order valence-corrected chi connectivity index (χ3v) is 4.22. The van der Waals surface area contributed by atoms with Gasteiger partial charge in [-0.25, -0.2) is 8.42 Å². The number of hydrogen-bond acceptors (Lipinski definition) is 3. The van der Waals surface area contributed by atoms with Gasteiger partial charge in [-0.3, -0.25) is 0 Å². The Bertz CT molecular complexity index is 627. The second-order valence-electron chi connectivity index (χ2n) is 3.97. The van der Waals surface area contributed by atoms with Gasteiger partial charge in [0.25, 0.3) is 0 Å². The number of aliphatic hydroxyl groups is 1. The van der Waals surface area contributed by atoms with Gasteiger partial charge < -0.3 is 5.11 Å². The van der Waals surface area contributed by atoms with Crippen molar-refractivity contribution in [3.63, 3.8) is 0 Å². The first-order valence-electron chi connectivity index (χ1n) is 5.00. The fourth-order valence-electron chi connectivity index (χ4n) is 1.91. The lowest BCUT2D eigenvalue weighted by atomic mass is 10.0. The van der Waals surface area contributed by atoms with E-state index in [1.807, 2.05) is 0 Å². The average Bonchev–Trinajstić information content (AvgIpc) is 2.50. The third kappa shape index (κ3) is 1.93. The summed E-state index contributed by atoms with van der Waals surface area (Å²) in [5.41, 5.74) is -1.30. The van der Waals surface area contributed by atoms with Crippen LogP contribution in [0.1, 0.15) is 18.1 Å². The molecule has 0 aliphatic carbocycles. The van der Waals surface area contributed by atoms with Crippen molar-refractivity contribution < 1.29 is 26.7 Å². The Morgan fingerprint density at radius 1 is 1.28 bits per heavy atom. The van der Waals surface area contributed by atoms with Gasteiger partial charge in [0.1, 0.15) is 0 Å². The van der Waals surface area contributed by atoms with Crippen LogP contribution >= 0.6 is 0 Å². The quantitative estimate of drug-likeness (QED) is 0.857. The molecule has 0 saturated carbocycles.